The number of nitrogens with zero attached hydrogens (tertiary/aromatic N) is 3. The number of fused-ring (bicyclic) bond motifs is 1. The van der Waals surface area contributed by atoms with E-state index in [4.69, 9.17) is 8.94 Å². The molecule has 0 aliphatic rings. The second-order valence-corrected chi connectivity index (χ2v) is 5.97. The molecule has 0 fully saturated rings. The summed E-state index contributed by atoms with van der Waals surface area (Å²) >= 11 is 0. The molecule has 3 heterocycles. The van der Waals surface area contributed by atoms with E-state index in [1.165, 1.54) is 28.8 Å². The Bertz CT molecular complexity index is 1190. The zero-order valence-corrected chi connectivity index (χ0v) is 14.4. The fourth-order valence-corrected chi connectivity index (χ4v) is 2.73. The van der Waals surface area contributed by atoms with Crippen molar-refractivity contribution in [1.82, 2.24) is 14.7 Å². The zero-order chi connectivity index (χ0) is 19.9. The van der Waals surface area contributed by atoms with E-state index in [0.717, 1.165) is 0 Å². The highest BCUT2D eigenvalue weighted by atomic mass is 19.4. The topological polar surface area (TPSA) is 83.3 Å². The number of pyridine rings is 1. The summed E-state index contributed by atoms with van der Waals surface area (Å²) in [6, 6.07) is 10.1. The third-order valence-electron chi connectivity index (χ3n) is 3.89. The predicted octanol–water partition coefficient (Wildman–Crippen LogP) is 3.90. The van der Waals surface area contributed by atoms with Gasteiger partial charge in [-0.3, -0.25) is 4.57 Å². The average Bonchev–Trinajstić information content (AvgIpc) is 3.17. The molecule has 28 heavy (non-hydrogen) atoms. The lowest BCUT2D eigenvalue weighted by atomic mass is 10.1. The molecule has 0 aliphatic carbocycles. The molecule has 144 valence electrons. The Balaban J connectivity index is 1.69. The molecule has 0 spiro atoms. The summed E-state index contributed by atoms with van der Waals surface area (Å²) in [6.45, 7) is 1.84. The van der Waals surface area contributed by atoms with E-state index in [1.54, 1.807) is 25.1 Å². The van der Waals surface area contributed by atoms with Crippen molar-refractivity contribution in [3.63, 3.8) is 0 Å². The van der Waals surface area contributed by atoms with E-state index in [9.17, 15) is 18.0 Å². The van der Waals surface area contributed by atoms with Gasteiger partial charge in [0.1, 0.15) is 17.2 Å². The van der Waals surface area contributed by atoms with Crippen LogP contribution in [0.3, 0.4) is 0 Å². The van der Waals surface area contributed by atoms with E-state index >= 15 is 0 Å². The van der Waals surface area contributed by atoms with E-state index in [0.29, 0.717) is 28.4 Å². The van der Waals surface area contributed by atoms with Gasteiger partial charge in [-0.15, -0.1) is 13.2 Å². The third kappa shape index (κ3) is 3.61. The SMILES string of the molecule is Cc1cc(Cn2c(=O)oc3ccc(-c4ccc(OC(F)(F)F)cc4)nc32)no1. The van der Waals surface area contributed by atoms with Crippen molar-refractivity contribution in [3.05, 3.63) is 64.5 Å². The first-order chi connectivity index (χ1) is 13.3. The van der Waals surface area contributed by atoms with E-state index in [-0.39, 0.29) is 17.9 Å². The minimum absolute atomic E-state index is 0.109. The first-order valence-electron chi connectivity index (χ1n) is 8.07. The molecule has 0 saturated heterocycles. The van der Waals surface area contributed by atoms with Gasteiger partial charge < -0.3 is 13.7 Å². The van der Waals surface area contributed by atoms with Gasteiger partial charge >= 0.3 is 12.1 Å². The van der Waals surface area contributed by atoms with Gasteiger partial charge in [0.05, 0.1) is 12.2 Å². The number of hydrogen-bond donors (Lipinski definition) is 0. The van der Waals surface area contributed by atoms with Gasteiger partial charge in [0.2, 0.25) is 0 Å². The van der Waals surface area contributed by atoms with Gasteiger partial charge in [0.15, 0.2) is 11.2 Å². The lowest BCUT2D eigenvalue weighted by Gasteiger charge is -2.09. The second kappa shape index (κ2) is 6.55. The van der Waals surface area contributed by atoms with Crippen LogP contribution >= 0.6 is 0 Å². The number of aromatic nitrogens is 3. The van der Waals surface area contributed by atoms with Gasteiger partial charge in [-0.2, -0.15) is 0 Å². The Morgan fingerprint density at radius 3 is 2.54 bits per heavy atom. The summed E-state index contributed by atoms with van der Waals surface area (Å²) in [5.74, 6) is -0.334. The van der Waals surface area contributed by atoms with Crippen LogP contribution < -0.4 is 10.5 Å². The first kappa shape index (κ1) is 17.8. The standard InChI is InChI=1S/C18H12F3N3O4/c1-10-8-12(23-28-10)9-24-16-15(26-17(24)25)7-6-14(22-16)11-2-4-13(5-3-11)27-18(19,20)21/h2-8H,9H2,1H3. The highest BCUT2D eigenvalue weighted by Crippen LogP contribution is 2.26. The van der Waals surface area contributed by atoms with Crippen molar-refractivity contribution < 1.29 is 26.8 Å². The molecular weight excluding hydrogens is 379 g/mol. The number of oxazole rings is 1. The number of alkyl halides is 3. The highest BCUT2D eigenvalue weighted by molar-refractivity contribution is 5.73. The van der Waals surface area contributed by atoms with Crippen LogP contribution in [-0.4, -0.2) is 21.1 Å². The summed E-state index contributed by atoms with van der Waals surface area (Å²) in [4.78, 5) is 16.6. The van der Waals surface area contributed by atoms with E-state index in [2.05, 4.69) is 14.9 Å². The number of hydrogen-bond acceptors (Lipinski definition) is 6. The summed E-state index contributed by atoms with van der Waals surface area (Å²) < 4.78 is 52.2. The molecule has 0 unspecified atom stereocenters. The normalized spacial score (nSPS) is 11.9. The van der Waals surface area contributed by atoms with Crippen LogP contribution in [0.2, 0.25) is 0 Å². The Labute approximate surface area is 155 Å². The van der Waals surface area contributed by atoms with Gasteiger partial charge in [-0.1, -0.05) is 5.16 Å². The fourth-order valence-electron chi connectivity index (χ4n) is 2.73. The summed E-state index contributed by atoms with van der Waals surface area (Å²) in [6.07, 6.45) is -4.76. The van der Waals surface area contributed by atoms with Crippen LogP contribution in [-0.2, 0) is 6.54 Å². The molecule has 0 amide bonds. The molecule has 7 nitrogen and oxygen atoms in total. The fraction of sp³-hybridized carbons (Fsp3) is 0.167. The van der Waals surface area contributed by atoms with Crippen molar-refractivity contribution in [2.45, 2.75) is 19.8 Å². The molecule has 0 radical (unpaired) electrons. The molecule has 0 aliphatic heterocycles. The maximum atomic E-state index is 12.3. The Hall–Kier alpha value is -3.56. The van der Waals surface area contributed by atoms with Crippen molar-refractivity contribution in [3.8, 4) is 17.0 Å². The molecular formula is C18H12F3N3O4. The molecule has 0 bridgehead atoms. The van der Waals surface area contributed by atoms with Crippen LogP contribution in [0.5, 0.6) is 5.75 Å². The number of halogens is 3. The third-order valence-corrected chi connectivity index (χ3v) is 3.89. The van der Waals surface area contributed by atoms with Crippen LogP contribution in [0.4, 0.5) is 13.2 Å². The highest BCUT2D eigenvalue weighted by Gasteiger charge is 2.31. The van der Waals surface area contributed by atoms with Crippen LogP contribution in [0.15, 0.2) is 56.2 Å². The number of aryl methyl sites for hydroxylation is 1. The minimum atomic E-state index is -4.76. The van der Waals surface area contributed by atoms with Crippen LogP contribution in [0.25, 0.3) is 22.5 Å². The molecule has 0 N–H and O–H groups in total. The molecule has 0 atom stereocenters. The maximum Gasteiger partial charge on any atom is 0.573 e. The van der Waals surface area contributed by atoms with E-state index in [1.807, 2.05) is 0 Å². The monoisotopic (exact) mass is 391 g/mol. The lowest BCUT2D eigenvalue weighted by molar-refractivity contribution is -0.274. The van der Waals surface area contributed by atoms with Crippen molar-refractivity contribution in [1.29, 1.82) is 0 Å². The average molecular weight is 391 g/mol. The number of rotatable bonds is 4. The van der Waals surface area contributed by atoms with Gasteiger partial charge in [-0.05, 0) is 43.3 Å². The predicted molar refractivity (Wildman–Crippen MR) is 90.7 cm³/mol. The second-order valence-electron chi connectivity index (χ2n) is 5.97. The Morgan fingerprint density at radius 2 is 1.89 bits per heavy atom. The molecule has 4 rings (SSSR count). The summed E-state index contributed by atoms with van der Waals surface area (Å²) in [5, 5.41) is 3.85. The van der Waals surface area contributed by atoms with Gasteiger partial charge in [-0.25, -0.2) is 9.78 Å². The molecule has 4 aromatic rings. The molecule has 1 aromatic carbocycles. The first-order valence-corrected chi connectivity index (χ1v) is 8.07. The zero-order valence-electron chi connectivity index (χ0n) is 14.4. The van der Waals surface area contributed by atoms with Gasteiger partial charge in [0, 0.05) is 11.6 Å². The maximum absolute atomic E-state index is 12.3. The largest absolute Gasteiger partial charge is 0.573 e. The summed E-state index contributed by atoms with van der Waals surface area (Å²) in [7, 11) is 0. The molecule has 0 saturated carbocycles. The Morgan fingerprint density at radius 1 is 1.14 bits per heavy atom. The van der Waals surface area contributed by atoms with Gasteiger partial charge in [0.25, 0.3) is 0 Å². The quantitative estimate of drug-likeness (QED) is 0.525. The Kier molecular flexibility index (Phi) is 4.17. The van der Waals surface area contributed by atoms with Crippen LogP contribution in [0.1, 0.15) is 11.5 Å². The smallest absolute Gasteiger partial charge is 0.406 e. The van der Waals surface area contributed by atoms with Crippen molar-refractivity contribution >= 4 is 11.2 Å². The lowest BCUT2D eigenvalue weighted by Crippen LogP contribution is -2.17. The minimum Gasteiger partial charge on any atom is -0.406 e. The molecule has 10 heteroatoms. The van der Waals surface area contributed by atoms with Crippen molar-refractivity contribution in [2.75, 3.05) is 0 Å². The van der Waals surface area contributed by atoms with E-state index < -0.39 is 12.1 Å². The van der Waals surface area contributed by atoms with Crippen molar-refractivity contribution in [2.24, 2.45) is 0 Å². The molecule has 3 aromatic heterocycles. The van der Waals surface area contributed by atoms with Crippen LogP contribution in [0, 0.1) is 6.92 Å². The number of ether oxygens (including phenoxy) is 1. The summed E-state index contributed by atoms with van der Waals surface area (Å²) in [5.41, 5.74) is 2.11. The number of benzene rings is 1.